The molecule has 1 aromatic carbocycles. The summed E-state index contributed by atoms with van der Waals surface area (Å²) in [5.41, 5.74) is 0.716. The topological polar surface area (TPSA) is 72.0 Å². The zero-order valence-electron chi connectivity index (χ0n) is 10.2. The van der Waals surface area contributed by atoms with E-state index >= 15 is 0 Å². The van der Waals surface area contributed by atoms with E-state index < -0.39 is 6.04 Å². The summed E-state index contributed by atoms with van der Waals surface area (Å²) in [5, 5.41) is 6.12. The lowest BCUT2D eigenvalue weighted by atomic mass is 10.1. The Hall–Kier alpha value is -1.95. The van der Waals surface area contributed by atoms with Crippen molar-refractivity contribution in [3.8, 4) is 11.5 Å². The predicted octanol–water partition coefficient (Wildman–Crippen LogP) is 1.21. The van der Waals surface area contributed by atoms with Gasteiger partial charge in [0.2, 0.25) is 6.79 Å². The summed E-state index contributed by atoms with van der Waals surface area (Å²) in [6, 6.07) is 2.93. The van der Waals surface area contributed by atoms with Crippen LogP contribution in [0.15, 0.2) is 17.1 Å². The molecule has 2 aliphatic rings. The van der Waals surface area contributed by atoms with Crippen LogP contribution >= 0.6 is 11.6 Å². The van der Waals surface area contributed by atoms with Crippen LogP contribution in [0.2, 0.25) is 5.02 Å². The summed E-state index contributed by atoms with van der Waals surface area (Å²) in [6.07, 6.45) is 0. The summed E-state index contributed by atoms with van der Waals surface area (Å²) in [6.45, 7) is 2.63. The Morgan fingerprint density at radius 1 is 1.47 bits per heavy atom. The maximum Gasteiger partial charge on any atom is 0.253 e. The number of fused-ring (bicyclic) bond motifs is 1. The third kappa shape index (κ3) is 2.08. The maximum atomic E-state index is 11.9. The van der Waals surface area contributed by atoms with Gasteiger partial charge in [-0.1, -0.05) is 11.6 Å². The Morgan fingerprint density at radius 2 is 2.32 bits per heavy atom. The number of nitrogens with zero attached hydrogens (tertiary/aromatic N) is 1. The molecule has 1 unspecified atom stereocenters. The second-order valence-corrected chi connectivity index (χ2v) is 4.53. The van der Waals surface area contributed by atoms with E-state index in [1.54, 1.807) is 12.1 Å². The molecule has 1 fully saturated rings. The second kappa shape index (κ2) is 4.62. The van der Waals surface area contributed by atoms with Gasteiger partial charge in [0.15, 0.2) is 17.5 Å². The van der Waals surface area contributed by atoms with Crippen LogP contribution in [0.4, 0.5) is 0 Å². The number of ether oxygens (including phenoxy) is 2. The van der Waals surface area contributed by atoms with Gasteiger partial charge in [-0.15, -0.1) is 0 Å². The molecule has 1 aromatic rings. The number of hydrogen-bond acceptors (Lipinski definition) is 4. The fourth-order valence-corrected chi connectivity index (χ4v) is 2.33. The molecule has 6 nitrogen and oxygen atoms in total. The van der Waals surface area contributed by atoms with E-state index in [1.165, 1.54) is 0 Å². The summed E-state index contributed by atoms with van der Waals surface area (Å²) < 4.78 is 10.5. The first-order chi connectivity index (χ1) is 9.19. The van der Waals surface area contributed by atoms with Crippen LogP contribution in [-0.4, -0.2) is 25.2 Å². The molecule has 2 aliphatic heterocycles. The molecule has 19 heavy (non-hydrogen) atoms. The van der Waals surface area contributed by atoms with Crippen LogP contribution in [0.5, 0.6) is 11.5 Å². The smallest absolute Gasteiger partial charge is 0.253 e. The molecule has 0 bridgehead atoms. The standard InChI is InChI=1S/C12H12ClN3O3/c1-2-14-12-15-9(11(17)16-12)6-3-7(13)10-8(4-6)18-5-19-10/h3-4,9H,2,5H2,1H3,(H2,14,15,16,17). The van der Waals surface area contributed by atoms with Crippen molar-refractivity contribution in [2.45, 2.75) is 13.0 Å². The van der Waals surface area contributed by atoms with Crippen LogP contribution in [0.25, 0.3) is 0 Å². The minimum Gasteiger partial charge on any atom is -0.454 e. The average Bonchev–Trinajstić information content (AvgIpc) is 2.96. The maximum absolute atomic E-state index is 11.9. The lowest BCUT2D eigenvalue weighted by Gasteiger charge is -2.10. The molecule has 2 N–H and O–H groups in total. The molecule has 1 amide bonds. The number of aliphatic imine (C=N–C) groups is 1. The molecule has 0 spiro atoms. The Labute approximate surface area is 114 Å². The Balaban J connectivity index is 1.93. The van der Waals surface area contributed by atoms with E-state index in [9.17, 15) is 4.79 Å². The molecule has 3 rings (SSSR count). The largest absolute Gasteiger partial charge is 0.454 e. The van der Waals surface area contributed by atoms with E-state index in [-0.39, 0.29) is 12.7 Å². The number of halogens is 1. The zero-order valence-corrected chi connectivity index (χ0v) is 11.0. The van der Waals surface area contributed by atoms with E-state index in [0.29, 0.717) is 34.6 Å². The Morgan fingerprint density at radius 3 is 3.11 bits per heavy atom. The number of carbonyl (C=O) groups excluding carboxylic acids is 1. The monoisotopic (exact) mass is 281 g/mol. The Kier molecular flexibility index (Phi) is 2.94. The van der Waals surface area contributed by atoms with Crippen molar-refractivity contribution in [3.63, 3.8) is 0 Å². The van der Waals surface area contributed by atoms with Crippen molar-refractivity contribution in [2.24, 2.45) is 4.99 Å². The number of benzene rings is 1. The normalized spacial score (nSPS) is 22.5. The summed E-state index contributed by atoms with van der Waals surface area (Å²) in [4.78, 5) is 16.0. The molecule has 1 saturated heterocycles. The fourth-order valence-electron chi connectivity index (χ4n) is 2.06. The number of guanidine groups is 1. The summed E-state index contributed by atoms with van der Waals surface area (Å²) in [7, 11) is 0. The van der Waals surface area contributed by atoms with Crippen molar-refractivity contribution in [3.05, 3.63) is 22.7 Å². The molecular formula is C12H12ClN3O3. The van der Waals surface area contributed by atoms with Crippen LogP contribution in [0.1, 0.15) is 18.5 Å². The quantitative estimate of drug-likeness (QED) is 0.855. The minimum atomic E-state index is -0.516. The van der Waals surface area contributed by atoms with Gasteiger partial charge in [-0.3, -0.25) is 15.1 Å². The van der Waals surface area contributed by atoms with Gasteiger partial charge < -0.3 is 14.8 Å². The number of rotatable bonds is 2. The third-order valence-corrected chi connectivity index (χ3v) is 3.16. The first kappa shape index (κ1) is 12.1. The third-order valence-electron chi connectivity index (χ3n) is 2.88. The lowest BCUT2D eigenvalue weighted by molar-refractivity contribution is -0.120. The number of hydrogen-bond donors (Lipinski definition) is 2. The van der Waals surface area contributed by atoms with Crippen molar-refractivity contribution in [1.29, 1.82) is 0 Å². The van der Waals surface area contributed by atoms with Crippen LogP contribution in [0, 0.1) is 0 Å². The van der Waals surface area contributed by atoms with E-state index in [0.717, 1.165) is 0 Å². The van der Waals surface area contributed by atoms with Crippen molar-refractivity contribution >= 4 is 23.5 Å². The molecule has 100 valence electrons. The molecule has 1 atom stereocenters. The van der Waals surface area contributed by atoms with Crippen LogP contribution in [-0.2, 0) is 4.79 Å². The predicted molar refractivity (Wildman–Crippen MR) is 69.6 cm³/mol. The fraction of sp³-hybridized carbons (Fsp3) is 0.333. The highest BCUT2D eigenvalue weighted by Gasteiger charge is 2.31. The summed E-state index contributed by atoms with van der Waals surface area (Å²) in [5.74, 6) is 1.39. The first-order valence-corrected chi connectivity index (χ1v) is 6.27. The molecule has 0 aromatic heterocycles. The van der Waals surface area contributed by atoms with Gasteiger partial charge in [-0.25, -0.2) is 0 Å². The number of nitrogens with one attached hydrogen (secondary N) is 2. The lowest BCUT2D eigenvalue weighted by Crippen LogP contribution is -2.25. The van der Waals surface area contributed by atoms with Crippen LogP contribution < -0.4 is 20.1 Å². The first-order valence-electron chi connectivity index (χ1n) is 5.90. The van der Waals surface area contributed by atoms with Gasteiger partial charge >= 0.3 is 0 Å². The van der Waals surface area contributed by atoms with Gasteiger partial charge in [-0.05, 0) is 24.6 Å². The van der Waals surface area contributed by atoms with Gasteiger partial charge in [0, 0.05) is 6.54 Å². The van der Waals surface area contributed by atoms with Gasteiger partial charge in [0.05, 0.1) is 5.02 Å². The molecule has 7 heteroatoms. The van der Waals surface area contributed by atoms with Gasteiger partial charge in [0.1, 0.15) is 6.04 Å². The number of amides is 1. The summed E-state index contributed by atoms with van der Waals surface area (Å²) >= 11 is 6.10. The van der Waals surface area contributed by atoms with Crippen molar-refractivity contribution in [2.75, 3.05) is 13.3 Å². The number of carbonyl (C=O) groups is 1. The molecule has 2 heterocycles. The highest BCUT2D eigenvalue weighted by atomic mass is 35.5. The minimum absolute atomic E-state index is 0.144. The van der Waals surface area contributed by atoms with Gasteiger partial charge in [-0.2, -0.15) is 0 Å². The zero-order chi connectivity index (χ0) is 13.4. The molecule has 0 radical (unpaired) electrons. The average molecular weight is 282 g/mol. The SMILES string of the molecule is CCN=C1NC(=O)C(c2cc(Cl)c3c(c2)OCO3)N1. The van der Waals surface area contributed by atoms with Crippen molar-refractivity contribution in [1.82, 2.24) is 10.6 Å². The van der Waals surface area contributed by atoms with E-state index in [2.05, 4.69) is 15.6 Å². The molecular weight excluding hydrogens is 270 g/mol. The molecule has 0 saturated carbocycles. The highest BCUT2D eigenvalue weighted by molar-refractivity contribution is 6.32. The van der Waals surface area contributed by atoms with Crippen molar-refractivity contribution < 1.29 is 14.3 Å². The van der Waals surface area contributed by atoms with E-state index in [1.807, 2.05) is 6.92 Å². The van der Waals surface area contributed by atoms with Gasteiger partial charge in [0.25, 0.3) is 5.91 Å². The van der Waals surface area contributed by atoms with E-state index in [4.69, 9.17) is 21.1 Å². The second-order valence-electron chi connectivity index (χ2n) is 4.13. The highest BCUT2D eigenvalue weighted by Crippen LogP contribution is 2.41. The Bertz CT molecular complexity index is 574. The van der Waals surface area contributed by atoms with Crippen LogP contribution in [0.3, 0.4) is 0 Å². The molecule has 0 aliphatic carbocycles.